The van der Waals surface area contributed by atoms with Crippen LogP contribution in [0, 0.1) is 0 Å². The molecular weight excluding hydrogens is 100 g/mol. The molecule has 0 aromatic heterocycles. The summed E-state index contributed by atoms with van der Waals surface area (Å²) in [5.74, 6) is 0. The zero-order valence-electron chi connectivity index (χ0n) is 5.04. The molecule has 1 rings (SSSR count). The Kier molecular flexibility index (Phi) is 1.78. The summed E-state index contributed by atoms with van der Waals surface area (Å²) in [6, 6.07) is 0.303. The van der Waals surface area contributed by atoms with Crippen LogP contribution in [0.2, 0.25) is 0 Å². The van der Waals surface area contributed by atoms with Gasteiger partial charge in [-0.15, -0.1) is 0 Å². The Morgan fingerprint density at radius 3 is 3.38 bits per heavy atom. The van der Waals surface area contributed by atoms with Crippen LogP contribution in [-0.4, -0.2) is 25.0 Å². The molecular formula is C6H10N2. The van der Waals surface area contributed by atoms with Crippen LogP contribution in [0.4, 0.5) is 0 Å². The molecule has 2 heteroatoms. The Morgan fingerprint density at radius 1 is 1.62 bits per heavy atom. The number of hydrogen-bond donors (Lipinski definition) is 0. The van der Waals surface area contributed by atoms with Crippen LogP contribution in [0.3, 0.4) is 0 Å². The summed E-state index contributed by atoms with van der Waals surface area (Å²) < 4.78 is 0. The SMILES string of the molecule is CC1C=NCCC=N1. The van der Waals surface area contributed by atoms with Gasteiger partial charge in [-0.2, -0.15) is 0 Å². The first kappa shape index (κ1) is 5.48. The Labute approximate surface area is 49.3 Å². The van der Waals surface area contributed by atoms with E-state index < -0.39 is 0 Å². The minimum Gasteiger partial charge on any atom is -0.295 e. The van der Waals surface area contributed by atoms with Crippen molar-refractivity contribution in [2.75, 3.05) is 6.54 Å². The molecule has 1 heterocycles. The topological polar surface area (TPSA) is 24.7 Å². The third kappa shape index (κ3) is 1.45. The number of hydrogen-bond acceptors (Lipinski definition) is 2. The lowest BCUT2D eigenvalue weighted by Crippen LogP contribution is -1.96. The van der Waals surface area contributed by atoms with Crippen LogP contribution >= 0.6 is 0 Å². The smallest absolute Gasteiger partial charge is 0.0814 e. The molecule has 1 atom stereocenters. The number of nitrogens with zero attached hydrogens (tertiary/aromatic N) is 2. The average Bonchev–Trinajstić information content (AvgIpc) is 1.94. The van der Waals surface area contributed by atoms with Crippen molar-refractivity contribution >= 4 is 12.4 Å². The summed E-state index contributed by atoms with van der Waals surface area (Å²) in [6.45, 7) is 2.94. The van der Waals surface area contributed by atoms with Gasteiger partial charge in [0.15, 0.2) is 0 Å². The van der Waals surface area contributed by atoms with Crippen LogP contribution in [0.1, 0.15) is 13.3 Å². The fraction of sp³-hybridized carbons (Fsp3) is 0.667. The summed E-state index contributed by atoms with van der Waals surface area (Å²) in [7, 11) is 0. The van der Waals surface area contributed by atoms with Gasteiger partial charge >= 0.3 is 0 Å². The molecule has 0 fully saturated rings. The van der Waals surface area contributed by atoms with E-state index in [1.165, 1.54) is 0 Å². The summed E-state index contributed by atoms with van der Waals surface area (Å²) in [4.78, 5) is 8.25. The van der Waals surface area contributed by atoms with Gasteiger partial charge in [-0.3, -0.25) is 9.98 Å². The molecule has 0 aromatic carbocycles. The van der Waals surface area contributed by atoms with Gasteiger partial charge in [0.05, 0.1) is 6.04 Å². The molecule has 8 heavy (non-hydrogen) atoms. The fourth-order valence-corrected chi connectivity index (χ4v) is 0.639. The molecule has 2 nitrogen and oxygen atoms in total. The van der Waals surface area contributed by atoms with E-state index in [9.17, 15) is 0 Å². The Balaban J connectivity index is 2.51. The minimum absolute atomic E-state index is 0.303. The van der Waals surface area contributed by atoms with E-state index in [1.807, 2.05) is 19.4 Å². The van der Waals surface area contributed by atoms with Crippen LogP contribution in [-0.2, 0) is 0 Å². The standard InChI is InChI=1S/C6H10N2/c1-6-5-7-3-2-4-8-6/h4-6H,2-3H2,1H3. The van der Waals surface area contributed by atoms with Crippen LogP contribution in [0.25, 0.3) is 0 Å². The molecule has 0 saturated carbocycles. The molecule has 0 aromatic rings. The molecule has 0 N–H and O–H groups in total. The number of aliphatic imine (C=N–C) groups is 2. The van der Waals surface area contributed by atoms with Gasteiger partial charge in [-0.1, -0.05) is 0 Å². The normalized spacial score (nSPS) is 27.9. The minimum atomic E-state index is 0.303. The van der Waals surface area contributed by atoms with E-state index in [0.717, 1.165) is 13.0 Å². The van der Waals surface area contributed by atoms with Crippen molar-refractivity contribution in [1.82, 2.24) is 0 Å². The van der Waals surface area contributed by atoms with Crippen LogP contribution in [0.5, 0.6) is 0 Å². The van der Waals surface area contributed by atoms with Gasteiger partial charge in [0.2, 0.25) is 0 Å². The summed E-state index contributed by atoms with van der Waals surface area (Å²) in [5, 5.41) is 0. The predicted molar refractivity (Wildman–Crippen MR) is 35.9 cm³/mol. The average molecular weight is 110 g/mol. The van der Waals surface area contributed by atoms with Crippen molar-refractivity contribution in [3.63, 3.8) is 0 Å². The lowest BCUT2D eigenvalue weighted by Gasteiger charge is -1.89. The first-order chi connectivity index (χ1) is 3.89. The lowest BCUT2D eigenvalue weighted by molar-refractivity contribution is 1.00. The van der Waals surface area contributed by atoms with Crippen molar-refractivity contribution < 1.29 is 0 Å². The van der Waals surface area contributed by atoms with Gasteiger partial charge < -0.3 is 0 Å². The second kappa shape index (κ2) is 2.60. The van der Waals surface area contributed by atoms with E-state index in [0.29, 0.717) is 6.04 Å². The number of rotatable bonds is 0. The zero-order chi connectivity index (χ0) is 5.82. The lowest BCUT2D eigenvalue weighted by atomic mass is 10.4. The van der Waals surface area contributed by atoms with Gasteiger partial charge in [0.1, 0.15) is 0 Å². The highest BCUT2D eigenvalue weighted by molar-refractivity contribution is 5.70. The van der Waals surface area contributed by atoms with Crippen molar-refractivity contribution in [2.45, 2.75) is 19.4 Å². The summed E-state index contributed by atoms with van der Waals surface area (Å²) in [6.07, 6.45) is 4.84. The first-order valence-corrected chi connectivity index (χ1v) is 2.91. The predicted octanol–water partition coefficient (Wildman–Crippen LogP) is 0.920. The third-order valence-electron chi connectivity index (χ3n) is 1.05. The molecule has 0 aliphatic carbocycles. The summed E-state index contributed by atoms with van der Waals surface area (Å²) >= 11 is 0. The second-order valence-corrected chi connectivity index (χ2v) is 1.92. The summed E-state index contributed by atoms with van der Waals surface area (Å²) in [5.41, 5.74) is 0. The zero-order valence-corrected chi connectivity index (χ0v) is 5.04. The highest BCUT2D eigenvalue weighted by Gasteiger charge is 1.92. The van der Waals surface area contributed by atoms with Crippen molar-refractivity contribution in [2.24, 2.45) is 9.98 Å². The van der Waals surface area contributed by atoms with Gasteiger partial charge in [-0.25, -0.2) is 0 Å². The van der Waals surface area contributed by atoms with Crippen LogP contribution < -0.4 is 0 Å². The molecule has 0 amide bonds. The molecule has 1 unspecified atom stereocenters. The molecule has 0 bridgehead atoms. The Morgan fingerprint density at radius 2 is 2.50 bits per heavy atom. The van der Waals surface area contributed by atoms with E-state index in [-0.39, 0.29) is 0 Å². The molecule has 0 saturated heterocycles. The molecule has 0 radical (unpaired) electrons. The third-order valence-corrected chi connectivity index (χ3v) is 1.05. The maximum absolute atomic E-state index is 4.15. The molecule has 0 spiro atoms. The molecule has 1 aliphatic heterocycles. The van der Waals surface area contributed by atoms with Crippen LogP contribution in [0.15, 0.2) is 9.98 Å². The monoisotopic (exact) mass is 110 g/mol. The van der Waals surface area contributed by atoms with Gasteiger partial charge in [-0.05, 0) is 6.92 Å². The molecule has 44 valence electrons. The van der Waals surface area contributed by atoms with E-state index in [4.69, 9.17) is 0 Å². The largest absolute Gasteiger partial charge is 0.295 e. The fourth-order valence-electron chi connectivity index (χ4n) is 0.639. The van der Waals surface area contributed by atoms with Crippen molar-refractivity contribution in [3.05, 3.63) is 0 Å². The maximum Gasteiger partial charge on any atom is 0.0814 e. The van der Waals surface area contributed by atoms with E-state index >= 15 is 0 Å². The highest BCUT2D eigenvalue weighted by Crippen LogP contribution is 1.90. The quantitative estimate of drug-likeness (QED) is 0.443. The Hall–Kier alpha value is -0.660. The van der Waals surface area contributed by atoms with Gasteiger partial charge in [0.25, 0.3) is 0 Å². The highest BCUT2D eigenvalue weighted by atomic mass is 14.8. The van der Waals surface area contributed by atoms with E-state index in [1.54, 1.807) is 0 Å². The van der Waals surface area contributed by atoms with E-state index in [2.05, 4.69) is 9.98 Å². The first-order valence-electron chi connectivity index (χ1n) is 2.91. The van der Waals surface area contributed by atoms with Crippen molar-refractivity contribution in [1.29, 1.82) is 0 Å². The van der Waals surface area contributed by atoms with Gasteiger partial charge in [0, 0.05) is 25.4 Å². The second-order valence-electron chi connectivity index (χ2n) is 1.92. The Bertz CT molecular complexity index is 102. The van der Waals surface area contributed by atoms with Crippen molar-refractivity contribution in [3.8, 4) is 0 Å². The maximum atomic E-state index is 4.15. The molecule has 1 aliphatic rings.